The Morgan fingerprint density at radius 2 is 0.393 bits per heavy atom. The van der Waals surface area contributed by atoms with Crippen LogP contribution in [-0.2, 0) is 0 Å². The molecule has 0 bridgehead atoms. The average molecular weight is 1850 g/mol. The summed E-state index contributed by atoms with van der Waals surface area (Å²) in [4.78, 5) is 34.5. The Bertz CT molecular complexity index is 10300. The molecule has 0 spiro atoms. The van der Waals surface area contributed by atoms with Crippen molar-refractivity contribution < 1.29 is 4.42 Å². The number of aromatic nitrogens is 12. The van der Waals surface area contributed by atoms with Crippen LogP contribution >= 0.6 is 0 Å². The van der Waals surface area contributed by atoms with E-state index in [0.717, 1.165) is 254 Å². The van der Waals surface area contributed by atoms with E-state index in [1.165, 1.54) is 0 Å². The van der Waals surface area contributed by atoms with Crippen molar-refractivity contribution >= 4 is 153 Å². The minimum absolute atomic E-state index is 0.474. The van der Waals surface area contributed by atoms with Gasteiger partial charge < -0.3 is 31.8 Å². The van der Waals surface area contributed by atoms with Gasteiger partial charge in [0.2, 0.25) is 0 Å². The minimum atomic E-state index is 0.474. The van der Waals surface area contributed by atoms with Gasteiger partial charge in [0.25, 0.3) is 0 Å². The quantitative estimate of drug-likeness (QED) is 0.100. The Balaban J connectivity index is 0.697. The molecule has 0 aliphatic rings. The van der Waals surface area contributed by atoms with Crippen molar-refractivity contribution in [1.82, 2.24) is 57.3 Å². The molecule has 145 heavy (non-hydrogen) atoms. The standard InChI is InChI=1S/C132H80N12O/c1-5-38-82(39-6-1)120-102(131-135-127(83-40-7-2-8-41-83)133-128(136-131)84-42-9-3-10-43-84)79-117(140-106-61-27-15-48-91(106)92-49-16-28-62-107(92)140)124(125(120)142-110-65-31-19-52-95(110)96-53-20-32-66-111(96)142)144-114-69-35-23-57-100(114)122-88(58-37-70-115(122)144)81-72-74-86(75-73-81)130-134-129(85-44-11-4-12-45-85)137-132(138-130)103-80-116(139-104-59-25-13-46-89(104)90-47-14-26-60-105(90)139)123(141-108-63-29-17-50-93(108)94-51-18-30-64-109(94)141)126(143-112-67-33-21-54-97(112)98-55-22-34-68-113(98)143)121(103)87-76-77-119-101(78-87)99-56-24-36-71-118(99)145-119/h1-80H. The number of furan rings is 1. The molecule has 0 amide bonds. The molecule has 0 N–H and O–H groups in total. The third kappa shape index (κ3) is 12.5. The summed E-state index contributed by atoms with van der Waals surface area (Å²) in [5.41, 5.74) is 30.2. The maximum atomic E-state index is 6.82. The van der Waals surface area contributed by atoms with Crippen LogP contribution in [0.5, 0.6) is 0 Å². The van der Waals surface area contributed by atoms with E-state index in [-0.39, 0.29) is 0 Å². The molecule has 9 aromatic heterocycles. The number of nitrogens with zero attached hydrogens (tertiary/aromatic N) is 12. The molecule has 13 heteroatoms. The minimum Gasteiger partial charge on any atom is -0.456 e. The fourth-order valence-electron chi connectivity index (χ4n) is 23.4. The van der Waals surface area contributed by atoms with E-state index < -0.39 is 0 Å². The molecule has 0 atom stereocenters. The van der Waals surface area contributed by atoms with Gasteiger partial charge in [0.05, 0.1) is 100 Å². The lowest BCUT2D eigenvalue weighted by Crippen LogP contribution is -2.13. The molecule has 21 aromatic carbocycles. The third-order valence-electron chi connectivity index (χ3n) is 29.5. The van der Waals surface area contributed by atoms with Crippen LogP contribution in [0.2, 0.25) is 0 Å². The topological polar surface area (TPSA) is 120 Å². The van der Waals surface area contributed by atoms with Crippen molar-refractivity contribution in [1.29, 1.82) is 0 Å². The van der Waals surface area contributed by atoms with E-state index in [1.54, 1.807) is 0 Å². The van der Waals surface area contributed by atoms with Gasteiger partial charge in [-0.15, -0.1) is 0 Å². The summed E-state index contributed by atoms with van der Waals surface area (Å²) in [7, 11) is 0. The van der Waals surface area contributed by atoms with Crippen LogP contribution in [0.1, 0.15) is 0 Å². The summed E-state index contributed by atoms with van der Waals surface area (Å²) in [6, 6.07) is 175. The van der Waals surface area contributed by atoms with E-state index in [9.17, 15) is 0 Å². The molecule has 0 saturated heterocycles. The van der Waals surface area contributed by atoms with Gasteiger partial charge in [0.1, 0.15) is 11.2 Å². The number of fused-ring (bicyclic) bond motifs is 21. The molecule has 0 fully saturated rings. The van der Waals surface area contributed by atoms with Gasteiger partial charge in [-0.05, 0) is 125 Å². The van der Waals surface area contributed by atoms with E-state index in [1.807, 2.05) is 42.5 Å². The highest BCUT2D eigenvalue weighted by Crippen LogP contribution is 2.55. The molecule has 0 saturated carbocycles. The van der Waals surface area contributed by atoms with Crippen molar-refractivity contribution in [3.63, 3.8) is 0 Å². The highest BCUT2D eigenvalue weighted by molar-refractivity contribution is 6.21. The summed E-state index contributed by atoms with van der Waals surface area (Å²) >= 11 is 0. The lowest BCUT2D eigenvalue weighted by molar-refractivity contribution is 0.669. The van der Waals surface area contributed by atoms with Crippen LogP contribution < -0.4 is 0 Å². The lowest BCUT2D eigenvalue weighted by Gasteiger charge is -2.27. The zero-order valence-electron chi connectivity index (χ0n) is 78.0. The van der Waals surface area contributed by atoms with Crippen LogP contribution in [0.3, 0.4) is 0 Å². The summed E-state index contributed by atoms with van der Waals surface area (Å²) < 4.78 is 22.0. The molecular formula is C132H80N12O. The van der Waals surface area contributed by atoms with E-state index in [2.05, 4.69) is 470 Å². The first kappa shape index (κ1) is 81.3. The molecule has 13 nitrogen and oxygen atoms in total. The molecule has 30 rings (SSSR count). The van der Waals surface area contributed by atoms with Crippen LogP contribution in [0.4, 0.5) is 0 Å². The molecular weight excluding hydrogens is 1770 g/mol. The normalized spacial score (nSPS) is 12.0. The summed E-state index contributed by atoms with van der Waals surface area (Å²) in [6.45, 7) is 0. The first-order valence-corrected chi connectivity index (χ1v) is 49.1. The van der Waals surface area contributed by atoms with Gasteiger partial charge in [0, 0.05) is 120 Å². The van der Waals surface area contributed by atoms with Gasteiger partial charge in [-0.25, -0.2) is 29.9 Å². The van der Waals surface area contributed by atoms with Gasteiger partial charge in [-0.3, -0.25) is 0 Å². The van der Waals surface area contributed by atoms with Crippen molar-refractivity contribution in [2.75, 3.05) is 0 Å². The van der Waals surface area contributed by atoms with E-state index in [4.69, 9.17) is 34.3 Å². The Morgan fingerprint density at radius 1 is 0.145 bits per heavy atom. The van der Waals surface area contributed by atoms with E-state index in [0.29, 0.717) is 34.9 Å². The summed E-state index contributed by atoms with van der Waals surface area (Å²) in [6.07, 6.45) is 0. The summed E-state index contributed by atoms with van der Waals surface area (Å²) in [5.74, 6) is 3.11. The fourth-order valence-corrected chi connectivity index (χ4v) is 23.4. The first-order chi connectivity index (χ1) is 72.0. The molecule has 0 unspecified atom stereocenters. The number of para-hydroxylation sites is 12. The second-order valence-corrected chi connectivity index (χ2v) is 37.4. The maximum absolute atomic E-state index is 6.82. The lowest BCUT2D eigenvalue weighted by atomic mass is 9.92. The molecule has 0 aliphatic carbocycles. The third-order valence-corrected chi connectivity index (χ3v) is 29.5. The number of hydrogen-bond donors (Lipinski definition) is 0. The summed E-state index contributed by atoms with van der Waals surface area (Å²) in [5, 5.41) is 15.3. The fraction of sp³-hybridized carbons (Fsp3) is 0. The van der Waals surface area contributed by atoms with Crippen LogP contribution in [0, 0.1) is 0 Å². The molecule has 9 heterocycles. The van der Waals surface area contributed by atoms with Gasteiger partial charge in [0.15, 0.2) is 34.9 Å². The Hall–Kier alpha value is -19.8. The van der Waals surface area contributed by atoms with Crippen molar-refractivity contribution in [2.45, 2.75) is 0 Å². The first-order valence-electron chi connectivity index (χ1n) is 49.1. The van der Waals surface area contributed by atoms with Crippen molar-refractivity contribution in [3.8, 4) is 136 Å². The average Bonchev–Trinajstić information content (AvgIpc) is 1.55. The largest absolute Gasteiger partial charge is 0.456 e. The van der Waals surface area contributed by atoms with Gasteiger partial charge in [-0.1, -0.05) is 382 Å². The Kier molecular flexibility index (Phi) is 18.2. The van der Waals surface area contributed by atoms with Crippen LogP contribution in [0.15, 0.2) is 490 Å². The van der Waals surface area contributed by atoms with Gasteiger partial charge in [-0.2, -0.15) is 0 Å². The van der Waals surface area contributed by atoms with Gasteiger partial charge >= 0.3 is 0 Å². The number of hydrogen-bond acceptors (Lipinski definition) is 7. The highest BCUT2D eigenvalue weighted by atomic mass is 16.3. The number of benzene rings is 21. The van der Waals surface area contributed by atoms with Crippen molar-refractivity contribution in [3.05, 3.63) is 485 Å². The molecule has 0 radical (unpaired) electrons. The van der Waals surface area contributed by atoms with Crippen LogP contribution in [0.25, 0.3) is 289 Å². The maximum Gasteiger partial charge on any atom is 0.164 e. The second kappa shape index (κ2) is 32.4. The number of rotatable bonds is 15. The second-order valence-electron chi connectivity index (χ2n) is 37.4. The highest BCUT2D eigenvalue weighted by Gasteiger charge is 2.36. The molecule has 674 valence electrons. The zero-order valence-corrected chi connectivity index (χ0v) is 78.0. The van der Waals surface area contributed by atoms with E-state index >= 15 is 0 Å². The molecule has 0 aliphatic heterocycles. The Morgan fingerprint density at radius 3 is 0.759 bits per heavy atom. The smallest absolute Gasteiger partial charge is 0.164 e. The predicted octanol–water partition coefficient (Wildman–Crippen LogP) is 33.5. The Labute approximate surface area is 829 Å². The SMILES string of the molecule is c1ccc(-c2nc(-c3ccc(-c4cccc5c4c4ccccc4n5-c4c(-n5c6ccccc6c6ccccc65)cc(-c5nc(-c6ccccc6)nc(-c6ccccc6)n5)c(-c5ccccc5)c4-n4c5ccccc5c5ccccc54)cc3)nc(-c3cc(-n4c5ccccc5c5ccccc54)c(-n4c5ccccc5c5ccccc54)c(-n4c5ccccc5c5ccccc54)c3-c3ccc4oc5ccccc5c4c3)n2)cc1. The monoisotopic (exact) mass is 1850 g/mol. The van der Waals surface area contributed by atoms with Crippen molar-refractivity contribution in [2.24, 2.45) is 0 Å². The van der Waals surface area contributed by atoms with Crippen LogP contribution in [-0.4, -0.2) is 57.3 Å². The zero-order chi connectivity index (χ0) is 95.0. The molecule has 30 aromatic rings. The predicted molar refractivity (Wildman–Crippen MR) is 595 cm³/mol.